The van der Waals surface area contributed by atoms with Crippen LogP contribution in [0, 0.1) is 11.7 Å². The van der Waals surface area contributed by atoms with Crippen molar-refractivity contribution in [1.82, 2.24) is 14.2 Å². The number of carbonyl (C=O) groups excluding carboxylic acids is 1. The van der Waals surface area contributed by atoms with Gasteiger partial charge in [0.05, 0.1) is 28.7 Å². The molecule has 0 aliphatic carbocycles. The molecule has 3 atom stereocenters. The topological polar surface area (TPSA) is 91.8 Å². The lowest BCUT2D eigenvalue weighted by Crippen LogP contribution is -2.44. The number of piperidine rings is 1. The summed E-state index contributed by atoms with van der Waals surface area (Å²) in [6.45, 7) is 6.90. The van der Waals surface area contributed by atoms with Crippen molar-refractivity contribution in [2.45, 2.75) is 50.3 Å². The zero-order valence-electron chi connectivity index (χ0n) is 18.7. The Morgan fingerprint density at radius 3 is 2.61 bits per heavy atom. The Hall–Kier alpha value is -1.92. The van der Waals surface area contributed by atoms with Crippen LogP contribution in [0.15, 0.2) is 34.5 Å². The first kappa shape index (κ1) is 24.2. The number of amides is 1. The van der Waals surface area contributed by atoms with E-state index in [9.17, 15) is 17.6 Å². The van der Waals surface area contributed by atoms with Gasteiger partial charge in [-0.05, 0) is 51.0 Å². The van der Waals surface area contributed by atoms with E-state index in [0.717, 1.165) is 30.9 Å². The standard InChI is InChI=1S/C22H29FN4O4S2/c1-15-10-26(11-16(2)31-15)13-19-14-32-22(24-19)25-21(28)17-4-3-9-27(12-17)33(29,30)20-7-5-18(23)6-8-20/h5-8,14-17H,3-4,9-13H2,1-2H3,(H,24,25,28). The fourth-order valence-electron chi connectivity index (χ4n) is 4.42. The molecule has 0 bridgehead atoms. The number of nitrogens with zero attached hydrogens (tertiary/aromatic N) is 3. The molecular formula is C22H29FN4O4S2. The number of morpholine rings is 1. The molecule has 2 aliphatic rings. The second kappa shape index (κ2) is 10.1. The van der Waals surface area contributed by atoms with Crippen LogP contribution >= 0.6 is 11.3 Å². The van der Waals surface area contributed by atoms with Crippen molar-refractivity contribution in [3.8, 4) is 0 Å². The summed E-state index contributed by atoms with van der Waals surface area (Å²) in [7, 11) is -3.78. The molecular weight excluding hydrogens is 467 g/mol. The van der Waals surface area contributed by atoms with Gasteiger partial charge in [-0.2, -0.15) is 4.31 Å². The average Bonchev–Trinajstić information content (AvgIpc) is 3.20. The molecule has 1 N–H and O–H groups in total. The molecule has 2 aromatic rings. The summed E-state index contributed by atoms with van der Waals surface area (Å²) >= 11 is 1.37. The van der Waals surface area contributed by atoms with Crippen molar-refractivity contribution < 1.29 is 22.3 Å². The minimum absolute atomic E-state index is 0.0290. The lowest BCUT2D eigenvalue weighted by molar-refractivity contribution is -0.120. The van der Waals surface area contributed by atoms with E-state index in [1.54, 1.807) is 0 Å². The van der Waals surface area contributed by atoms with E-state index in [4.69, 9.17) is 4.74 Å². The van der Waals surface area contributed by atoms with E-state index in [-0.39, 0.29) is 29.6 Å². The first-order valence-electron chi connectivity index (χ1n) is 11.1. The van der Waals surface area contributed by atoms with Crippen molar-refractivity contribution >= 4 is 32.4 Å². The van der Waals surface area contributed by atoms with Crippen LogP contribution in [0.25, 0.3) is 0 Å². The number of rotatable bonds is 6. The highest BCUT2D eigenvalue weighted by Crippen LogP contribution is 2.26. The number of benzene rings is 1. The second-order valence-electron chi connectivity index (χ2n) is 8.74. The third-order valence-electron chi connectivity index (χ3n) is 5.87. The molecule has 1 aromatic carbocycles. The molecule has 11 heteroatoms. The zero-order chi connectivity index (χ0) is 23.6. The number of nitrogens with one attached hydrogen (secondary N) is 1. The van der Waals surface area contributed by atoms with E-state index in [1.165, 1.54) is 27.8 Å². The number of thiazole rings is 1. The normalized spacial score (nSPS) is 25.1. The average molecular weight is 497 g/mol. The van der Waals surface area contributed by atoms with Crippen LogP contribution < -0.4 is 5.32 Å². The number of hydrogen-bond donors (Lipinski definition) is 1. The molecule has 2 aliphatic heterocycles. The van der Waals surface area contributed by atoms with Gasteiger partial charge in [0, 0.05) is 38.1 Å². The molecule has 0 spiro atoms. The monoisotopic (exact) mass is 496 g/mol. The number of sulfonamides is 1. The summed E-state index contributed by atoms with van der Waals surface area (Å²) in [6, 6.07) is 4.75. The Kier molecular flexibility index (Phi) is 7.44. The highest BCUT2D eigenvalue weighted by atomic mass is 32.2. The van der Waals surface area contributed by atoms with E-state index >= 15 is 0 Å². The lowest BCUT2D eigenvalue weighted by Gasteiger charge is -2.34. The summed E-state index contributed by atoms with van der Waals surface area (Å²) in [5.74, 6) is -1.20. The Labute approximate surface area is 197 Å². The summed E-state index contributed by atoms with van der Waals surface area (Å²) in [6.07, 6.45) is 1.52. The van der Waals surface area contributed by atoms with Gasteiger partial charge in [-0.3, -0.25) is 9.69 Å². The second-order valence-corrected chi connectivity index (χ2v) is 11.5. The first-order valence-corrected chi connectivity index (χ1v) is 13.4. The Balaban J connectivity index is 1.35. The van der Waals surface area contributed by atoms with Gasteiger partial charge in [0.1, 0.15) is 5.82 Å². The molecule has 2 fully saturated rings. The van der Waals surface area contributed by atoms with Gasteiger partial charge in [0.15, 0.2) is 5.13 Å². The van der Waals surface area contributed by atoms with Crippen LogP contribution in [0.3, 0.4) is 0 Å². The molecule has 1 amide bonds. The Morgan fingerprint density at radius 2 is 1.91 bits per heavy atom. The van der Waals surface area contributed by atoms with Crippen LogP contribution in [0.2, 0.25) is 0 Å². The van der Waals surface area contributed by atoms with Crippen LogP contribution in [0.1, 0.15) is 32.4 Å². The largest absolute Gasteiger partial charge is 0.373 e. The zero-order valence-corrected chi connectivity index (χ0v) is 20.4. The van der Waals surface area contributed by atoms with Crippen molar-refractivity contribution in [2.24, 2.45) is 5.92 Å². The van der Waals surface area contributed by atoms with Gasteiger partial charge in [-0.1, -0.05) is 0 Å². The Bertz CT molecular complexity index is 1070. The highest BCUT2D eigenvalue weighted by Gasteiger charge is 2.33. The van der Waals surface area contributed by atoms with E-state index in [1.807, 2.05) is 5.38 Å². The molecule has 2 saturated heterocycles. The van der Waals surface area contributed by atoms with Gasteiger partial charge < -0.3 is 10.1 Å². The summed E-state index contributed by atoms with van der Waals surface area (Å²) in [5.41, 5.74) is 0.890. The molecule has 3 unspecified atom stereocenters. The van der Waals surface area contributed by atoms with Crippen molar-refractivity contribution in [3.63, 3.8) is 0 Å². The fraction of sp³-hybridized carbons (Fsp3) is 0.545. The predicted octanol–water partition coefficient (Wildman–Crippen LogP) is 2.93. The van der Waals surface area contributed by atoms with Gasteiger partial charge in [-0.15, -0.1) is 11.3 Å². The summed E-state index contributed by atoms with van der Waals surface area (Å²) in [4.78, 5) is 19.7. The van der Waals surface area contributed by atoms with Crippen LogP contribution in [0.5, 0.6) is 0 Å². The molecule has 33 heavy (non-hydrogen) atoms. The first-order chi connectivity index (χ1) is 15.7. The number of carbonyl (C=O) groups is 1. The molecule has 0 radical (unpaired) electrons. The third kappa shape index (κ3) is 5.96. The minimum Gasteiger partial charge on any atom is -0.373 e. The van der Waals surface area contributed by atoms with Gasteiger partial charge in [0.25, 0.3) is 0 Å². The quantitative estimate of drug-likeness (QED) is 0.661. The maximum Gasteiger partial charge on any atom is 0.243 e. The van der Waals surface area contributed by atoms with E-state index in [2.05, 4.69) is 29.0 Å². The number of halogens is 1. The summed E-state index contributed by atoms with van der Waals surface area (Å²) in [5, 5.41) is 5.31. The Morgan fingerprint density at radius 1 is 1.21 bits per heavy atom. The maximum atomic E-state index is 13.2. The van der Waals surface area contributed by atoms with Crippen LogP contribution in [-0.2, 0) is 26.1 Å². The SMILES string of the molecule is CC1CN(Cc2csc(NC(=O)C3CCCN(S(=O)(=O)c4ccc(F)cc4)C3)n2)CC(C)O1. The molecule has 8 nitrogen and oxygen atoms in total. The number of anilines is 1. The predicted molar refractivity (Wildman–Crippen MR) is 124 cm³/mol. The molecule has 4 rings (SSSR count). The highest BCUT2D eigenvalue weighted by molar-refractivity contribution is 7.89. The smallest absolute Gasteiger partial charge is 0.243 e. The lowest BCUT2D eigenvalue weighted by atomic mass is 9.99. The number of hydrogen-bond acceptors (Lipinski definition) is 7. The molecule has 3 heterocycles. The fourth-order valence-corrected chi connectivity index (χ4v) is 6.65. The van der Waals surface area contributed by atoms with Crippen molar-refractivity contribution in [1.29, 1.82) is 0 Å². The van der Waals surface area contributed by atoms with Gasteiger partial charge >= 0.3 is 0 Å². The van der Waals surface area contributed by atoms with Crippen LogP contribution in [0.4, 0.5) is 9.52 Å². The number of ether oxygens (including phenoxy) is 1. The maximum absolute atomic E-state index is 13.2. The summed E-state index contributed by atoms with van der Waals surface area (Å²) < 4.78 is 46.1. The van der Waals surface area contributed by atoms with E-state index in [0.29, 0.717) is 31.1 Å². The molecule has 1 aromatic heterocycles. The third-order valence-corrected chi connectivity index (χ3v) is 8.55. The minimum atomic E-state index is -3.78. The van der Waals surface area contributed by atoms with Gasteiger partial charge in [-0.25, -0.2) is 17.8 Å². The van der Waals surface area contributed by atoms with E-state index < -0.39 is 21.8 Å². The number of aromatic nitrogens is 1. The van der Waals surface area contributed by atoms with Crippen molar-refractivity contribution in [3.05, 3.63) is 41.2 Å². The van der Waals surface area contributed by atoms with Crippen LogP contribution in [-0.4, -0.2) is 66.9 Å². The van der Waals surface area contributed by atoms with Gasteiger partial charge in [0.2, 0.25) is 15.9 Å². The molecule has 0 saturated carbocycles. The van der Waals surface area contributed by atoms with Crippen molar-refractivity contribution in [2.75, 3.05) is 31.5 Å². The molecule has 180 valence electrons.